The Kier molecular flexibility index (Phi) is 5.76. The Morgan fingerprint density at radius 1 is 0.963 bits per heavy atom. The average Bonchev–Trinajstić information content (AvgIpc) is 3.14. The van der Waals surface area contributed by atoms with Gasteiger partial charge < -0.3 is 18.8 Å². The third kappa shape index (κ3) is 4.28. The SMILES string of the molecule is COC(=O)c1ccc(Cn2ccnc2Cc2ccc(OC)c(OC)c2)cc1. The second-order valence-corrected chi connectivity index (χ2v) is 6.03. The number of carbonyl (C=O) groups is 1. The first-order valence-corrected chi connectivity index (χ1v) is 8.52. The lowest BCUT2D eigenvalue weighted by Gasteiger charge is -2.11. The van der Waals surface area contributed by atoms with Gasteiger partial charge in [0.15, 0.2) is 11.5 Å². The van der Waals surface area contributed by atoms with E-state index in [0.717, 1.165) is 17.0 Å². The van der Waals surface area contributed by atoms with Crippen molar-refractivity contribution in [3.05, 3.63) is 77.4 Å². The summed E-state index contributed by atoms with van der Waals surface area (Å²) < 4.78 is 17.5. The predicted molar refractivity (Wildman–Crippen MR) is 101 cm³/mol. The van der Waals surface area contributed by atoms with Crippen molar-refractivity contribution in [2.75, 3.05) is 21.3 Å². The molecule has 0 unspecified atom stereocenters. The van der Waals surface area contributed by atoms with E-state index in [9.17, 15) is 4.79 Å². The number of hydrogen-bond donors (Lipinski definition) is 0. The summed E-state index contributed by atoms with van der Waals surface area (Å²) in [5.41, 5.74) is 2.70. The monoisotopic (exact) mass is 366 g/mol. The Hall–Kier alpha value is -3.28. The number of hydrogen-bond acceptors (Lipinski definition) is 5. The van der Waals surface area contributed by atoms with Crippen LogP contribution < -0.4 is 9.47 Å². The summed E-state index contributed by atoms with van der Waals surface area (Å²) in [5.74, 6) is 2.01. The van der Waals surface area contributed by atoms with Crippen LogP contribution in [0.2, 0.25) is 0 Å². The molecule has 0 aliphatic carbocycles. The highest BCUT2D eigenvalue weighted by atomic mass is 16.5. The Balaban J connectivity index is 1.75. The van der Waals surface area contributed by atoms with Crippen molar-refractivity contribution in [3.8, 4) is 11.5 Å². The Labute approximate surface area is 158 Å². The van der Waals surface area contributed by atoms with E-state index >= 15 is 0 Å². The van der Waals surface area contributed by atoms with Crippen molar-refractivity contribution in [1.82, 2.24) is 9.55 Å². The summed E-state index contributed by atoms with van der Waals surface area (Å²) in [4.78, 5) is 16.0. The molecule has 0 bridgehead atoms. The van der Waals surface area contributed by atoms with E-state index in [1.807, 2.05) is 36.5 Å². The van der Waals surface area contributed by atoms with Crippen molar-refractivity contribution < 1.29 is 19.0 Å². The molecule has 0 amide bonds. The zero-order valence-electron chi connectivity index (χ0n) is 15.6. The van der Waals surface area contributed by atoms with Gasteiger partial charge in [-0.2, -0.15) is 0 Å². The van der Waals surface area contributed by atoms with Crippen molar-refractivity contribution in [2.45, 2.75) is 13.0 Å². The predicted octanol–water partition coefficient (Wildman–Crippen LogP) is 3.33. The highest BCUT2D eigenvalue weighted by molar-refractivity contribution is 5.89. The van der Waals surface area contributed by atoms with Crippen LogP contribution in [0.1, 0.15) is 27.3 Å². The lowest BCUT2D eigenvalue weighted by Crippen LogP contribution is -2.06. The first kappa shape index (κ1) is 18.5. The Bertz CT molecular complexity index is 916. The highest BCUT2D eigenvalue weighted by Gasteiger charge is 2.10. The molecule has 0 saturated carbocycles. The van der Waals surface area contributed by atoms with Crippen molar-refractivity contribution in [3.63, 3.8) is 0 Å². The van der Waals surface area contributed by atoms with E-state index in [1.165, 1.54) is 7.11 Å². The minimum absolute atomic E-state index is 0.335. The van der Waals surface area contributed by atoms with Crippen LogP contribution in [0, 0.1) is 0 Å². The van der Waals surface area contributed by atoms with Gasteiger partial charge in [0.25, 0.3) is 0 Å². The van der Waals surface area contributed by atoms with E-state index in [-0.39, 0.29) is 5.97 Å². The molecule has 0 atom stereocenters. The standard InChI is InChI=1S/C21H22N2O4/c1-25-18-9-6-16(12-19(18)26-2)13-20-22-10-11-23(20)14-15-4-7-17(8-5-15)21(24)27-3/h4-12H,13-14H2,1-3H3. The number of benzene rings is 2. The second-order valence-electron chi connectivity index (χ2n) is 6.03. The fraction of sp³-hybridized carbons (Fsp3) is 0.238. The molecule has 3 rings (SSSR count). The maximum atomic E-state index is 11.5. The normalized spacial score (nSPS) is 10.5. The molecule has 0 radical (unpaired) electrons. The zero-order chi connectivity index (χ0) is 19.2. The van der Waals surface area contributed by atoms with Crippen LogP contribution in [0.5, 0.6) is 11.5 Å². The Morgan fingerprint density at radius 3 is 2.33 bits per heavy atom. The maximum Gasteiger partial charge on any atom is 0.337 e. The molecule has 0 fully saturated rings. The molecule has 6 heteroatoms. The minimum Gasteiger partial charge on any atom is -0.493 e. The minimum atomic E-state index is -0.335. The summed E-state index contributed by atoms with van der Waals surface area (Å²) in [6.45, 7) is 0.671. The summed E-state index contributed by atoms with van der Waals surface area (Å²) in [6, 6.07) is 13.2. The van der Waals surface area contributed by atoms with Crippen molar-refractivity contribution in [2.24, 2.45) is 0 Å². The number of carbonyl (C=O) groups excluding carboxylic acids is 1. The molecule has 3 aromatic rings. The number of methoxy groups -OCH3 is 3. The molecule has 0 spiro atoms. The van der Waals surface area contributed by atoms with Crippen LogP contribution in [-0.2, 0) is 17.7 Å². The van der Waals surface area contributed by atoms with Crippen molar-refractivity contribution >= 4 is 5.97 Å². The van der Waals surface area contributed by atoms with Gasteiger partial charge in [0.2, 0.25) is 0 Å². The Morgan fingerprint density at radius 2 is 1.67 bits per heavy atom. The smallest absolute Gasteiger partial charge is 0.337 e. The van der Waals surface area contributed by atoms with Crippen LogP contribution in [-0.4, -0.2) is 36.8 Å². The lowest BCUT2D eigenvalue weighted by atomic mass is 10.1. The van der Waals surface area contributed by atoms with E-state index < -0.39 is 0 Å². The van der Waals surface area contributed by atoms with Gasteiger partial charge in [0.05, 0.1) is 26.9 Å². The van der Waals surface area contributed by atoms with Gasteiger partial charge in [-0.05, 0) is 35.4 Å². The third-order valence-corrected chi connectivity index (χ3v) is 4.34. The summed E-state index contributed by atoms with van der Waals surface area (Å²) in [7, 11) is 4.62. The second kappa shape index (κ2) is 8.40. The van der Waals surface area contributed by atoms with Crippen LogP contribution in [0.15, 0.2) is 54.9 Å². The molecule has 0 aliphatic rings. The molecule has 27 heavy (non-hydrogen) atoms. The third-order valence-electron chi connectivity index (χ3n) is 4.34. The van der Waals surface area contributed by atoms with E-state index in [0.29, 0.717) is 30.0 Å². The fourth-order valence-electron chi connectivity index (χ4n) is 2.89. The largest absolute Gasteiger partial charge is 0.493 e. The van der Waals surface area contributed by atoms with Gasteiger partial charge in [0.1, 0.15) is 5.82 Å². The maximum absolute atomic E-state index is 11.5. The first-order valence-electron chi connectivity index (χ1n) is 8.52. The summed E-state index contributed by atoms with van der Waals surface area (Å²) in [5, 5.41) is 0. The molecule has 0 saturated heterocycles. The van der Waals surface area contributed by atoms with E-state index in [4.69, 9.17) is 14.2 Å². The van der Waals surface area contributed by atoms with Crippen molar-refractivity contribution in [1.29, 1.82) is 0 Å². The number of imidazole rings is 1. The fourth-order valence-corrected chi connectivity index (χ4v) is 2.89. The topological polar surface area (TPSA) is 62.6 Å². The number of rotatable bonds is 7. The average molecular weight is 366 g/mol. The number of ether oxygens (including phenoxy) is 3. The molecule has 1 heterocycles. The van der Waals surface area contributed by atoms with Crippen LogP contribution in [0.25, 0.3) is 0 Å². The summed E-state index contributed by atoms with van der Waals surface area (Å²) >= 11 is 0. The van der Waals surface area contributed by atoms with Crippen LogP contribution in [0.4, 0.5) is 0 Å². The highest BCUT2D eigenvalue weighted by Crippen LogP contribution is 2.28. The van der Waals surface area contributed by atoms with Gasteiger partial charge >= 0.3 is 5.97 Å². The quantitative estimate of drug-likeness (QED) is 0.600. The number of aromatic nitrogens is 2. The molecule has 6 nitrogen and oxygen atoms in total. The molecule has 2 aromatic carbocycles. The van der Waals surface area contributed by atoms with Gasteiger partial charge in [-0.15, -0.1) is 0 Å². The van der Waals surface area contributed by atoms with Crippen LogP contribution >= 0.6 is 0 Å². The first-order chi connectivity index (χ1) is 13.1. The molecular weight excluding hydrogens is 344 g/mol. The molecule has 0 N–H and O–H groups in total. The lowest BCUT2D eigenvalue weighted by molar-refractivity contribution is 0.0600. The van der Waals surface area contributed by atoms with E-state index in [2.05, 4.69) is 9.55 Å². The molecule has 140 valence electrons. The van der Waals surface area contributed by atoms with Crippen LogP contribution in [0.3, 0.4) is 0 Å². The molecule has 0 aliphatic heterocycles. The molecule has 1 aromatic heterocycles. The summed E-state index contributed by atoms with van der Waals surface area (Å²) in [6.07, 6.45) is 4.41. The number of esters is 1. The van der Waals surface area contributed by atoms with E-state index in [1.54, 1.807) is 32.5 Å². The van der Waals surface area contributed by atoms with Gasteiger partial charge in [-0.1, -0.05) is 18.2 Å². The van der Waals surface area contributed by atoms with Gasteiger partial charge in [-0.25, -0.2) is 9.78 Å². The number of nitrogens with zero attached hydrogens (tertiary/aromatic N) is 2. The zero-order valence-corrected chi connectivity index (χ0v) is 15.6. The van der Waals surface area contributed by atoms with Gasteiger partial charge in [0, 0.05) is 25.4 Å². The molecular formula is C21H22N2O4. The van der Waals surface area contributed by atoms with Gasteiger partial charge in [-0.3, -0.25) is 0 Å².